The molecule has 0 aliphatic carbocycles. The van der Waals surface area contributed by atoms with Crippen molar-refractivity contribution in [3.8, 4) is 0 Å². The van der Waals surface area contributed by atoms with Gasteiger partial charge in [0.1, 0.15) is 0 Å². The van der Waals surface area contributed by atoms with Gasteiger partial charge in [0.05, 0.1) is 5.41 Å². The highest BCUT2D eigenvalue weighted by atomic mass is 16.4. The van der Waals surface area contributed by atoms with Crippen molar-refractivity contribution in [2.24, 2.45) is 5.41 Å². The first-order chi connectivity index (χ1) is 8.96. The summed E-state index contributed by atoms with van der Waals surface area (Å²) in [7, 11) is 1.73. The first-order valence-electron chi connectivity index (χ1n) is 6.81. The van der Waals surface area contributed by atoms with Crippen molar-refractivity contribution >= 4 is 12.0 Å². The maximum atomic E-state index is 12.1. The Morgan fingerprint density at radius 1 is 1.42 bits per heavy atom. The first-order valence-corrected chi connectivity index (χ1v) is 6.81. The molecule has 1 rings (SSSR count). The molecule has 0 bridgehead atoms. The molecule has 1 fully saturated rings. The molecule has 1 aliphatic heterocycles. The second-order valence-corrected chi connectivity index (χ2v) is 5.27. The molecule has 1 aliphatic rings. The van der Waals surface area contributed by atoms with E-state index in [2.05, 4.69) is 6.58 Å². The number of amides is 2. The Morgan fingerprint density at radius 2 is 2.00 bits per heavy atom. The fraction of sp³-hybridized carbons (Fsp3) is 0.714. The van der Waals surface area contributed by atoms with Crippen LogP contribution in [0.5, 0.6) is 0 Å². The highest BCUT2D eigenvalue weighted by Gasteiger charge is 2.41. The molecule has 0 aromatic carbocycles. The number of urea groups is 1. The molecule has 0 aromatic heterocycles. The summed E-state index contributed by atoms with van der Waals surface area (Å²) in [6, 6.07) is -0.0459. The molecular formula is C14H24N2O3. The normalized spacial score (nSPS) is 17.9. The van der Waals surface area contributed by atoms with Crippen LogP contribution in [0.2, 0.25) is 0 Å². The maximum absolute atomic E-state index is 12.1. The summed E-state index contributed by atoms with van der Waals surface area (Å²) in [6.45, 7) is 7.16. The number of carboxylic acids is 1. The molecule has 0 radical (unpaired) electrons. The SMILES string of the molecule is C=CCN(C)C(=O)N1CCC(CCC)(C(=O)O)CC1. The van der Waals surface area contributed by atoms with Gasteiger partial charge in [-0.15, -0.1) is 6.58 Å². The fourth-order valence-electron chi connectivity index (χ4n) is 2.69. The summed E-state index contributed by atoms with van der Waals surface area (Å²) in [5.41, 5.74) is -0.636. The lowest BCUT2D eigenvalue weighted by Crippen LogP contribution is -2.50. The summed E-state index contributed by atoms with van der Waals surface area (Å²) < 4.78 is 0. The molecule has 0 atom stereocenters. The van der Waals surface area contributed by atoms with E-state index in [1.54, 1.807) is 22.9 Å². The van der Waals surface area contributed by atoms with E-state index in [1.807, 2.05) is 6.92 Å². The smallest absolute Gasteiger partial charge is 0.320 e. The minimum absolute atomic E-state index is 0.0459. The van der Waals surface area contributed by atoms with E-state index in [1.165, 1.54) is 0 Å². The van der Waals surface area contributed by atoms with Crippen LogP contribution in [-0.2, 0) is 4.79 Å². The van der Waals surface area contributed by atoms with Gasteiger partial charge in [0.25, 0.3) is 0 Å². The van der Waals surface area contributed by atoms with Gasteiger partial charge >= 0.3 is 12.0 Å². The van der Waals surface area contributed by atoms with E-state index >= 15 is 0 Å². The number of aliphatic carboxylic acids is 1. The van der Waals surface area contributed by atoms with Crippen LogP contribution in [0.1, 0.15) is 32.6 Å². The molecule has 5 nitrogen and oxygen atoms in total. The maximum Gasteiger partial charge on any atom is 0.320 e. The third-order valence-corrected chi connectivity index (χ3v) is 3.90. The number of carbonyl (C=O) groups excluding carboxylic acids is 1. The van der Waals surface area contributed by atoms with Crippen molar-refractivity contribution in [3.05, 3.63) is 12.7 Å². The van der Waals surface area contributed by atoms with Crippen LogP contribution in [0.3, 0.4) is 0 Å². The average molecular weight is 268 g/mol. The highest BCUT2D eigenvalue weighted by molar-refractivity contribution is 5.77. The molecule has 5 heteroatoms. The van der Waals surface area contributed by atoms with Gasteiger partial charge in [-0.1, -0.05) is 19.4 Å². The molecule has 19 heavy (non-hydrogen) atoms. The van der Waals surface area contributed by atoms with Crippen molar-refractivity contribution < 1.29 is 14.7 Å². The van der Waals surface area contributed by atoms with Crippen LogP contribution in [0.15, 0.2) is 12.7 Å². The van der Waals surface area contributed by atoms with Gasteiger partial charge in [0.2, 0.25) is 0 Å². The minimum Gasteiger partial charge on any atom is -0.481 e. The lowest BCUT2D eigenvalue weighted by atomic mass is 9.75. The van der Waals surface area contributed by atoms with Crippen molar-refractivity contribution in [1.82, 2.24) is 9.80 Å². The van der Waals surface area contributed by atoms with Gasteiger partial charge in [-0.2, -0.15) is 0 Å². The third-order valence-electron chi connectivity index (χ3n) is 3.90. The molecule has 0 unspecified atom stereocenters. The number of rotatable bonds is 5. The third kappa shape index (κ3) is 3.49. The Labute approximate surface area is 114 Å². The molecular weight excluding hydrogens is 244 g/mol. The van der Waals surface area contributed by atoms with E-state index in [9.17, 15) is 14.7 Å². The number of hydrogen-bond acceptors (Lipinski definition) is 2. The number of likely N-dealkylation sites (N-methyl/N-ethyl adjacent to an activating group) is 1. The summed E-state index contributed by atoms with van der Waals surface area (Å²) in [6.07, 6.45) is 4.32. The Bertz CT molecular complexity index is 347. The van der Waals surface area contributed by atoms with Crippen LogP contribution < -0.4 is 0 Å². The molecule has 1 N–H and O–H groups in total. The molecule has 2 amide bonds. The first kappa shape index (κ1) is 15.5. The van der Waals surface area contributed by atoms with Gasteiger partial charge in [0, 0.05) is 26.7 Å². The van der Waals surface area contributed by atoms with Crippen molar-refractivity contribution in [3.63, 3.8) is 0 Å². The predicted molar refractivity (Wildman–Crippen MR) is 74.0 cm³/mol. The number of hydrogen-bond donors (Lipinski definition) is 1. The van der Waals surface area contributed by atoms with E-state index in [4.69, 9.17) is 0 Å². The number of carbonyl (C=O) groups is 2. The van der Waals surface area contributed by atoms with Crippen molar-refractivity contribution in [1.29, 1.82) is 0 Å². The van der Waals surface area contributed by atoms with E-state index < -0.39 is 11.4 Å². The zero-order chi connectivity index (χ0) is 14.5. The number of piperidine rings is 1. The van der Waals surface area contributed by atoms with Gasteiger partial charge in [-0.25, -0.2) is 4.79 Å². The highest BCUT2D eigenvalue weighted by Crippen LogP contribution is 2.36. The Balaban J connectivity index is 2.63. The lowest BCUT2D eigenvalue weighted by Gasteiger charge is -2.40. The zero-order valence-electron chi connectivity index (χ0n) is 11.9. The molecule has 1 saturated heterocycles. The molecule has 1 heterocycles. The Morgan fingerprint density at radius 3 is 2.42 bits per heavy atom. The fourth-order valence-corrected chi connectivity index (χ4v) is 2.69. The topological polar surface area (TPSA) is 60.9 Å². The van der Waals surface area contributed by atoms with Gasteiger partial charge < -0.3 is 14.9 Å². The van der Waals surface area contributed by atoms with Crippen LogP contribution in [-0.4, -0.2) is 53.6 Å². The lowest BCUT2D eigenvalue weighted by molar-refractivity contribution is -0.152. The second-order valence-electron chi connectivity index (χ2n) is 5.27. The number of likely N-dealkylation sites (tertiary alicyclic amines) is 1. The quantitative estimate of drug-likeness (QED) is 0.777. The molecule has 108 valence electrons. The number of carboxylic acid groups (broad SMARTS) is 1. The van der Waals surface area contributed by atoms with Crippen LogP contribution in [0.4, 0.5) is 4.79 Å². The summed E-state index contributed by atoms with van der Waals surface area (Å²) in [5.74, 6) is -0.721. The molecule has 0 aromatic rings. The van der Waals surface area contributed by atoms with Crippen molar-refractivity contribution in [2.45, 2.75) is 32.6 Å². The van der Waals surface area contributed by atoms with Crippen molar-refractivity contribution in [2.75, 3.05) is 26.7 Å². The van der Waals surface area contributed by atoms with Crippen LogP contribution >= 0.6 is 0 Å². The van der Waals surface area contributed by atoms with E-state index in [0.29, 0.717) is 38.9 Å². The average Bonchev–Trinajstić information content (AvgIpc) is 2.39. The van der Waals surface area contributed by atoms with Crippen LogP contribution in [0.25, 0.3) is 0 Å². The molecule has 0 spiro atoms. The van der Waals surface area contributed by atoms with E-state index in [-0.39, 0.29) is 6.03 Å². The Kier molecular flexibility index (Phi) is 5.39. The molecule has 0 saturated carbocycles. The minimum atomic E-state index is -0.721. The zero-order valence-corrected chi connectivity index (χ0v) is 11.9. The van der Waals surface area contributed by atoms with Crippen LogP contribution in [0, 0.1) is 5.41 Å². The van der Waals surface area contributed by atoms with Gasteiger partial charge in [-0.05, 0) is 19.3 Å². The van der Waals surface area contributed by atoms with E-state index in [0.717, 1.165) is 6.42 Å². The summed E-state index contributed by atoms with van der Waals surface area (Å²) in [4.78, 5) is 26.9. The number of nitrogens with zero attached hydrogens (tertiary/aromatic N) is 2. The summed E-state index contributed by atoms with van der Waals surface area (Å²) in [5, 5.41) is 9.41. The van der Waals surface area contributed by atoms with Gasteiger partial charge in [-0.3, -0.25) is 4.79 Å². The monoisotopic (exact) mass is 268 g/mol. The van der Waals surface area contributed by atoms with Gasteiger partial charge in [0.15, 0.2) is 0 Å². The summed E-state index contributed by atoms with van der Waals surface area (Å²) >= 11 is 0. The predicted octanol–water partition coefficient (Wildman–Crippen LogP) is 2.19. The Hall–Kier alpha value is -1.52. The second kappa shape index (κ2) is 6.59. The standard InChI is InChI=1S/C14H24N2O3/c1-4-6-14(12(17)18)7-10-16(11-8-14)13(19)15(3)9-5-2/h5H,2,4,6-11H2,1,3H3,(H,17,18). The largest absolute Gasteiger partial charge is 0.481 e.